The van der Waals surface area contributed by atoms with Gasteiger partial charge in [-0.1, -0.05) is 6.92 Å². The topological polar surface area (TPSA) is 33.1 Å². The third-order valence-corrected chi connectivity index (χ3v) is 3.67. The number of hydrogen-bond donors (Lipinski definition) is 1. The molecule has 0 aliphatic carbocycles. The Morgan fingerprint density at radius 1 is 1.39 bits per heavy atom. The molecule has 0 radical (unpaired) electrons. The maximum Gasteiger partial charge on any atom is 0.0521 e. The first-order valence-electron chi connectivity index (χ1n) is 7.23. The summed E-state index contributed by atoms with van der Waals surface area (Å²) in [5.41, 5.74) is 1.28. The average molecular weight is 250 g/mol. The molecule has 1 unspecified atom stereocenters. The van der Waals surface area contributed by atoms with Gasteiger partial charge in [0, 0.05) is 25.8 Å². The maximum absolute atomic E-state index is 4.28. The molecule has 1 aromatic rings. The average Bonchev–Trinajstić information content (AvgIpc) is 3.00. The van der Waals surface area contributed by atoms with E-state index in [1.54, 1.807) is 0 Å². The van der Waals surface area contributed by atoms with E-state index in [9.17, 15) is 0 Å². The van der Waals surface area contributed by atoms with E-state index < -0.39 is 0 Å². The summed E-state index contributed by atoms with van der Waals surface area (Å²) in [6.45, 7) is 11.3. The van der Waals surface area contributed by atoms with Crippen LogP contribution in [0.25, 0.3) is 0 Å². The van der Waals surface area contributed by atoms with Gasteiger partial charge >= 0.3 is 0 Å². The van der Waals surface area contributed by atoms with E-state index in [4.69, 9.17) is 0 Å². The zero-order chi connectivity index (χ0) is 12.8. The summed E-state index contributed by atoms with van der Waals surface area (Å²) in [5.74, 6) is 0.723. The van der Waals surface area contributed by atoms with E-state index in [-0.39, 0.29) is 0 Å². The van der Waals surface area contributed by atoms with Crippen LogP contribution in [0.15, 0.2) is 12.3 Å². The van der Waals surface area contributed by atoms with Crippen molar-refractivity contribution in [2.24, 2.45) is 5.92 Å². The Morgan fingerprint density at radius 3 is 2.89 bits per heavy atom. The van der Waals surface area contributed by atoms with Gasteiger partial charge in [0.2, 0.25) is 0 Å². The van der Waals surface area contributed by atoms with Crippen LogP contribution in [0.4, 0.5) is 0 Å². The lowest BCUT2D eigenvalue weighted by Crippen LogP contribution is -2.31. The molecule has 0 amide bonds. The number of likely N-dealkylation sites (tertiary alicyclic amines) is 1. The van der Waals surface area contributed by atoms with Crippen molar-refractivity contribution in [3.8, 4) is 0 Å². The highest BCUT2D eigenvalue weighted by atomic mass is 15.3. The van der Waals surface area contributed by atoms with Crippen LogP contribution in [0.3, 0.4) is 0 Å². The summed E-state index contributed by atoms with van der Waals surface area (Å²) in [5, 5.41) is 7.83. The van der Waals surface area contributed by atoms with Crippen LogP contribution in [0.5, 0.6) is 0 Å². The van der Waals surface area contributed by atoms with Crippen molar-refractivity contribution in [1.82, 2.24) is 20.0 Å². The van der Waals surface area contributed by atoms with Gasteiger partial charge in [-0.25, -0.2) is 0 Å². The molecule has 1 atom stereocenters. The lowest BCUT2D eigenvalue weighted by atomic mass is 10.1. The van der Waals surface area contributed by atoms with Gasteiger partial charge in [-0.3, -0.25) is 4.68 Å². The summed E-state index contributed by atoms with van der Waals surface area (Å²) >= 11 is 0. The first kappa shape index (κ1) is 13.6. The zero-order valence-corrected chi connectivity index (χ0v) is 11.7. The molecule has 0 bridgehead atoms. The fourth-order valence-electron chi connectivity index (χ4n) is 2.71. The predicted molar refractivity (Wildman–Crippen MR) is 74.4 cm³/mol. The third-order valence-electron chi connectivity index (χ3n) is 3.67. The van der Waals surface area contributed by atoms with Gasteiger partial charge in [0.15, 0.2) is 0 Å². The molecule has 1 aromatic heterocycles. The van der Waals surface area contributed by atoms with Gasteiger partial charge in [0.25, 0.3) is 0 Å². The zero-order valence-electron chi connectivity index (χ0n) is 11.7. The molecule has 2 heterocycles. The number of aryl methyl sites for hydroxylation is 1. The second-order valence-electron chi connectivity index (χ2n) is 5.38. The van der Waals surface area contributed by atoms with E-state index in [1.807, 2.05) is 6.20 Å². The van der Waals surface area contributed by atoms with Gasteiger partial charge in [0.05, 0.1) is 5.69 Å². The molecule has 18 heavy (non-hydrogen) atoms. The van der Waals surface area contributed by atoms with Crippen LogP contribution in [-0.2, 0) is 13.1 Å². The summed E-state index contributed by atoms with van der Waals surface area (Å²) in [6, 6.07) is 2.10. The Morgan fingerprint density at radius 2 is 2.17 bits per heavy atom. The van der Waals surface area contributed by atoms with Crippen LogP contribution >= 0.6 is 0 Å². The van der Waals surface area contributed by atoms with Crippen molar-refractivity contribution in [3.63, 3.8) is 0 Å². The highest BCUT2D eigenvalue weighted by Crippen LogP contribution is 2.09. The minimum atomic E-state index is 0.723. The van der Waals surface area contributed by atoms with Gasteiger partial charge < -0.3 is 10.2 Å². The molecule has 0 spiro atoms. The van der Waals surface area contributed by atoms with Crippen molar-refractivity contribution < 1.29 is 0 Å². The van der Waals surface area contributed by atoms with Crippen molar-refractivity contribution in [1.29, 1.82) is 0 Å². The van der Waals surface area contributed by atoms with E-state index in [0.717, 1.165) is 25.6 Å². The lowest BCUT2D eigenvalue weighted by molar-refractivity contribution is 0.282. The Bertz CT molecular complexity index is 341. The molecule has 0 saturated carbocycles. The Hall–Kier alpha value is -0.870. The molecular formula is C14H26N4. The van der Waals surface area contributed by atoms with E-state index in [2.05, 4.69) is 39.9 Å². The molecule has 1 saturated heterocycles. The first-order chi connectivity index (χ1) is 8.79. The summed E-state index contributed by atoms with van der Waals surface area (Å²) in [4.78, 5) is 2.59. The SMILES string of the molecule is CCn1nccc1CNCC(C)CN1CCCC1. The number of hydrogen-bond acceptors (Lipinski definition) is 3. The predicted octanol–water partition coefficient (Wildman–Crippen LogP) is 1.72. The van der Waals surface area contributed by atoms with E-state index >= 15 is 0 Å². The lowest BCUT2D eigenvalue weighted by Gasteiger charge is -2.20. The molecule has 1 N–H and O–H groups in total. The summed E-state index contributed by atoms with van der Waals surface area (Å²) in [7, 11) is 0. The minimum Gasteiger partial charge on any atom is -0.311 e. The molecule has 1 fully saturated rings. The van der Waals surface area contributed by atoms with Crippen LogP contribution in [0.1, 0.15) is 32.4 Å². The number of rotatable bonds is 7. The van der Waals surface area contributed by atoms with Gasteiger partial charge in [0.1, 0.15) is 0 Å². The summed E-state index contributed by atoms with van der Waals surface area (Å²) in [6.07, 6.45) is 4.65. The normalized spacial score (nSPS) is 18.3. The number of aromatic nitrogens is 2. The van der Waals surface area contributed by atoms with Crippen LogP contribution in [0.2, 0.25) is 0 Å². The first-order valence-corrected chi connectivity index (χ1v) is 7.23. The van der Waals surface area contributed by atoms with Crippen LogP contribution < -0.4 is 5.32 Å². The molecule has 4 heteroatoms. The minimum absolute atomic E-state index is 0.723. The quantitative estimate of drug-likeness (QED) is 0.800. The van der Waals surface area contributed by atoms with E-state index in [1.165, 1.54) is 38.2 Å². The second kappa shape index (κ2) is 6.90. The Balaban J connectivity index is 1.65. The third kappa shape index (κ3) is 3.82. The Kier molecular flexibility index (Phi) is 5.20. The molecule has 102 valence electrons. The van der Waals surface area contributed by atoms with Gasteiger partial charge in [-0.15, -0.1) is 0 Å². The molecule has 1 aliphatic heterocycles. The van der Waals surface area contributed by atoms with Crippen molar-refractivity contribution >= 4 is 0 Å². The highest BCUT2D eigenvalue weighted by molar-refractivity contribution is 4.99. The number of nitrogens with zero attached hydrogens (tertiary/aromatic N) is 3. The molecule has 1 aliphatic rings. The van der Waals surface area contributed by atoms with Gasteiger partial charge in [-0.2, -0.15) is 5.10 Å². The van der Waals surface area contributed by atoms with Crippen LogP contribution in [-0.4, -0.2) is 40.9 Å². The maximum atomic E-state index is 4.28. The molecule has 0 aromatic carbocycles. The number of nitrogens with one attached hydrogen (secondary N) is 1. The smallest absolute Gasteiger partial charge is 0.0521 e. The summed E-state index contributed by atoms with van der Waals surface area (Å²) < 4.78 is 2.05. The van der Waals surface area contributed by atoms with E-state index in [0.29, 0.717) is 0 Å². The second-order valence-corrected chi connectivity index (χ2v) is 5.38. The molecule has 4 nitrogen and oxygen atoms in total. The monoisotopic (exact) mass is 250 g/mol. The van der Waals surface area contributed by atoms with Crippen molar-refractivity contribution in [3.05, 3.63) is 18.0 Å². The fraction of sp³-hybridized carbons (Fsp3) is 0.786. The fourth-order valence-corrected chi connectivity index (χ4v) is 2.71. The van der Waals surface area contributed by atoms with Crippen molar-refractivity contribution in [2.75, 3.05) is 26.2 Å². The Labute approximate surface area is 110 Å². The highest BCUT2D eigenvalue weighted by Gasteiger charge is 2.14. The van der Waals surface area contributed by atoms with Crippen molar-refractivity contribution in [2.45, 2.75) is 39.8 Å². The largest absolute Gasteiger partial charge is 0.311 e. The van der Waals surface area contributed by atoms with Crippen LogP contribution in [0, 0.1) is 5.92 Å². The van der Waals surface area contributed by atoms with Gasteiger partial charge in [-0.05, 0) is 51.4 Å². The molecular weight excluding hydrogens is 224 g/mol. The molecule has 2 rings (SSSR count). The standard InChI is InChI=1S/C14H26N4/c1-3-18-14(6-7-16-18)11-15-10-13(2)12-17-8-4-5-9-17/h6-7,13,15H,3-5,8-12H2,1-2H3.